The molecule has 86 valence electrons. The molecule has 1 unspecified atom stereocenters. The predicted molar refractivity (Wildman–Crippen MR) is 67.0 cm³/mol. The van der Waals surface area contributed by atoms with Crippen LogP contribution in [0.15, 0.2) is 8.68 Å². The van der Waals surface area contributed by atoms with Crippen molar-refractivity contribution in [2.45, 2.75) is 21.6 Å². The van der Waals surface area contributed by atoms with E-state index in [0.29, 0.717) is 0 Å². The van der Waals surface area contributed by atoms with E-state index in [1.54, 1.807) is 34.9 Å². The van der Waals surface area contributed by atoms with E-state index in [0.717, 1.165) is 21.0 Å². The van der Waals surface area contributed by atoms with Gasteiger partial charge in [0.2, 0.25) is 0 Å². The first-order valence-corrected chi connectivity index (χ1v) is 7.67. The lowest BCUT2D eigenvalue weighted by molar-refractivity contribution is 0.255. The predicted octanol–water partition coefficient (Wildman–Crippen LogP) is 1.32. The molecule has 0 bridgehead atoms. The van der Waals surface area contributed by atoms with Gasteiger partial charge in [0.15, 0.2) is 8.68 Å². The Balaban J connectivity index is 2.34. The van der Waals surface area contributed by atoms with Gasteiger partial charge in [-0.1, -0.05) is 41.8 Å². The van der Waals surface area contributed by atoms with Crippen molar-refractivity contribution in [3.05, 3.63) is 0 Å². The van der Waals surface area contributed by atoms with Crippen LogP contribution in [0.4, 0.5) is 0 Å². The van der Waals surface area contributed by atoms with Gasteiger partial charge in [0.1, 0.15) is 0 Å². The summed E-state index contributed by atoms with van der Waals surface area (Å²) in [6.45, 7) is 3.07. The minimum absolute atomic E-state index is 0.140. The maximum atomic E-state index is 9.07. The highest BCUT2D eigenvalue weighted by molar-refractivity contribution is 8.03. The van der Waals surface area contributed by atoms with E-state index in [-0.39, 0.29) is 12.6 Å². The van der Waals surface area contributed by atoms with Crippen molar-refractivity contribution in [3.8, 4) is 0 Å². The normalized spacial score (nSPS) is 13.0. The third-order valence-electron chi connectivity index (χ3n) is 1.68. The second-order valence-electron chi connectivity index (χ2n) is 2.79. The summed E-state index contributed by atoms with van der Waals surface area (Å²) in [6.07, 6.45) is 1.99. The molecule has 1 rings (SSSR count). The standard InChI is InChI=1S/C8H15N3OS3/c1-3-9-6(4-12)5-14-8-11-10-7(13-2)15-8/h6,9,12H,3-5H2,1-2H3. The van der Waals surface area contributed by atoms with Crippen molar-refractivity contribution in [1.82, 2.24) is 15.5 Å². The lowest BCUT2D eigenvalue weighted by Gasteiger charge is -2.12. The number of aliphatic hydroxyl groups excluding tert-OH is 1. The highest BCUT2D eigenvalue weighted by Gasteiger charge is 2.09. The van der Waals surface area contributed by atoms with Gasteiger partial charge in [-0.3, -0.25) is 0 Å². The van der Waals surface area contributed by atoms with Crippen LogP contribution in [0, 0.1) is 0 Å². The molecule has 4 nitrogen and oxygen atoms in total. The van der Waals surface area contributed by atoms with E-state index in [1.165, 1.54) is 0 Å². The Morgan fingerprint density at radius 3 is 2.73 bits per heavy atom. The molecule has 1 atom stereocenters. The van der Waals surface area contributed by atoms with Gasteiger partial charge in [-0.05, 0) is 12.8 Å². The molecule has 0 aliphatic heterocycles. The van der Waals surface area contributed by atoms with E-state index in [1.807, 2.05) is 13.2 Å². The van der Waals surface area contributed by atoms with Gasteiger partial charge in [-0.2, -0.15) is 0 Å². The number of likely N-dealkylation sites (N-methyl/N-ethyl adjacent to an activating group) is 1. The molecule has 0 aliphatic carbocycles. The summed E-state index contributed by atoms with van der Waals surface area (Å²) in [5, 5.41) is 20.3. The highest BCUT2D eigenvalue weighted by Crippen LogP contribution is 2.27. The van der Waals surface area contributed by atoms with Crippen LogP contribution >= 0.6 is 34.9 Å². The van der Waals surface area contributed by atoms with Gasteiger partial charge >= 0.3 is 0 Å². The Bertz CT molecular complexity index is 282. The number of hydrogen-bond donors (Lipinski definition) is 2. The van der Waals surface area contributed by atoms with Crippen LogP contribution < -0.4 is 5.32 Å². The average Bonchev–Trinajstić information content (AvgIpc) is 2.72. The van der Waals surface area contributed by atoms with Crippen LogP contribution in [0.25, 0.3) is 0 Å². The van der Waals surface area contributed by atoms with Crippen molar-refractivity contribution >= 4 is 34.9 Å². The van der Waals surface area contributed by atoms with Crippen LogP contribution in [0.3, 0.4) is 0 Å². The first kappa shape index (κ1) is 13.2. The molecular formula is C8H15N3OS3. The Labute approximate surface area is 102 Å². The zero-order valence-electron chi connectivity index (χ0n) is 8.77. The third-order valence-corrected chi connectivity index (χ3v) is 4.88. The zero-order valence-corrected chi connectivity index (χ0v) is 11.2. The number of thioether (sulfide) groups is 2. The summed E-state index contributed by atoms with van der Waals surface area (Å²) in [5.41, 5.74) is 0. The average molecular weight is 265 g/mol. The molecule has 15 heavy (non-hydrogen) atoms. The monoisotopic (exact) mass is 265 g/mol. The molecule has 0 amide bonds. The van der Waals surface area contributed by atoms with Gasteiger partial charge in [0, 0.05) is 11.8 Å². The number of aliphatic hydroxyl groups is 1. The molecule has 1 heterocycles. The lowest BCUT2D eigenvalue weighted by Crippen LogP contribution is -2.34. The Kier molecular flexibility index (Phi) is 6.58. The SMILES string of the molecule is CCNC(CO)CSc1nnc(SC)s1. The molecule has 0 aliphatic rings. The topological polar surface area (TPSA) is 58.0 Å². The summed E-state index contributed by atoms with van der Waals surface area (Å²) in [7, 11) is 0. The second kappa shape index (κ2) is 7.45. The molecule has 0 radical (unpaired) electrons. The fourth-order valence-corrected chi connectivity index (χ4v) is 3.48. The minimum atomic E-state index is 0.140. The van der Waals surface area contributed by atoms with Crippen LogP contribution in [0.5, 0.6) is 0 Å². The second-order valence-corrected chi connectivity index (χ2v) is 6.08. The van der Waals surface area contributed by atoms with E-state index in [4.69, 9.17) is 5.11 Å². The summed E-state index contributed by atoms with van der Waals surface area (Å²) < 4.78 is 1.96. The van der Waals surface area contributed by atoms with E-state index in [9.17, 15) is 0 Å². The maximum absolute atomic E-state index is 9.07. The van der Waals surface area contributed by atoms with E-state index in [2.05, 4.69) is 15.5 Å². The largest absolute Gasteiger partial charge is 0.395 e. The fourth-order valence-electron chi connectivity index (χ4n) is 0.975. The van der Waals surface area contributed by atoms with Crippen molar-refractivity contribution in [2.75, 3.05) is 25.2 Å². The van der Waals surface area contributed by atoms with E-state index >= 15 is 0 Å². The number of nitrogens with one attached hydrogen (secondary N) is 1. The smallest absolute Gasteiger partial charge is 0.175 e. The van der Waals surface area contributed by atoms with E-state index < -0.39 is 0 Å². The quantitative estimate of drug-likeness (QED) is 0.725. The Hall–Kier alpha value is 0.180. The molecule has 0 aromatic carbocycles. The van der Waals surface area contributed by atoms with Crippen molar-refractivity contribution in [1.29, 1.82) is 0 Å². The van der Waals surface area contributed by atoms with Crippen LogP contribution in [-0.4, -0.2) is 46.5 Å². The molecule has 0 fully saturated rings. The highest BCUT2D eigenvalue weighted by atomic mass is 32.2. The van der Waals surface area contributed by atoms with Gasteiger partial charge in [0.05, 0.1) is 6.61 Å². The molecular weight excluding hydrogens is 250 g/mol. The summed E-state index contributed by atoms with van der Waals surface area (Å²) in [5.74, 6) is 0.827. The number of aromatic nitrogens is 2. The van der Waals surface area contributed by atoms with Crippen molar-refractivity contribution in [2.24, 2.45) is 0 Å². The number of hydrogen-bond acceptors (Lipinski definition) is 7. The maximum Gasteiger partial charge on any atom is 0.175 e. The van der Waals surface area contributed by atoms with Gasteiger partial charge in [-0.25, -0.2) is 0 Å². The summed E-state index contributed by atoms with van der Waals surface area (Å²) in [6, 6.07) is 0.140. The minimum Gasteiger partial charge on any atom is -0.395 e. The molecule has 0 saturated carbocycles. The van der Waals surface area contributed by atoms with Crippen molar-refractivity contribution < 1.29 is 5.11 Å². The zero-order chi connectivity index (χ0) is 11.1. The van der Waals surface area contributed by atoms with Crippen LogP contribution in [-0.2, 0) is 0 Å². The summed E-state index contributed by atoms with van der Waals surface area (Å²) >= 11 is 4.84. The van der Waals surface area contributed by atoms with Crippen molar-refractivity contribution in [3.63, 3.8) is 0 Å². The van der Waals surface area contributed by atoms with Crippen LogP contribution in [0.1, 0.15) is 6.92 Å². The Morgan fingerprint density at radius 1 is 1.47 bits per heavy atom. The number of nitrogens with zero attached hydrogens (tertiary/aromatic N) is 2. The summed E-state index contributed by atoms with van der Waals surface area (Å²) in [4.78, 5) is 0. The van der Waals surface area contributed by atoms with Gasteiger partial charge in [-0.15, -0.1) is 10.2 Å². The molecule has 0 spiro atoms. The first-order valence-electron chi connectivity index (χ1n) is 4.64. The first-order chi connectivity index (χ1) is 7.30. The molecule has 1 aromatic heterocycles. The molecule has 7 heteroatoms. The molecule has 0 saturated heterocycles. The molecule has 1 aromatic rings. The number of rotatable bonds is 7. The molecule has 2 N–H and O–H groups in total. The van der Waals surface area contributed by atoms with Gasteiger partial charge in [0.25, 0.3) is 0 Å². The van der Waals surface area contributed by atoms with Gasteiger partial charge < -0.3 is 10.4 Å². The van der Waals surface area contributed by atoms with Crippen LogP contribution in [0.2, 0.25) is 0 Å². The third kappa shape index (κ3) is 4.69. The lowest BCUT2D eigenvalue weighted by atomic mass is 10.4. The Morgan fingerprint density at radius 2 is 2.20 bits per heavy atom. The fraction of sp³-hybridized carbons (Fsp3) is 0.750.